The molecule has 1 heterocycles. The van der Waals surface area contributed by atoms with E-state index in [1.54, 1.807) is 0 Å². The molecule has 4 N–H and O–H groups in total. The van der Waals surface area contributed by atoms with Gasteiger partial charge in [-0.05, 0) is 19.3 Å². The lowest BCUT2D eigenvalue weighted by Crippen LogP contribution is -2.46. The van der Waals surface area contributed by atoms with Crippen molar-refractivity contribution in [3.8, 4) is 0 Å². The maximum absolute atomic E-state index is 5.58. The molecule has 5 nitrogen and oxygen atoms in total. The molecule has 0 radical (unpaired) electrons. The topological polar surface area (TPSA) is 71.7 Å². The average Bonchev–Trinajstić information content (AvgIpc) is 2.71. The molecule has 0 bridgehead atoms. The zero-order valence-electron chi connectivity index (χ0n) is 9.62. The number of nitrogens with two attached hydrogens (primary N) is 1. The van der Waals surface area contributed by atoms with Gasteiger partial charge in [0.1, 0.15) is 0 Å². The van der Waals surface area contributed by atoms with E-state index in [0.29, 0.717) is 18.1 Å². The molecule has 0 saturated carbocycles. The highest BCUT2D eigenvalue weighted by atomic mass is 16.5. The predicted molar refractivity (Wildman–Crippen MR) is 61.5 cm³/mol. The van der Waals surface area contributed by atoms with E-state index in [1.807, 2.05) is 0 Å². The smallest absolute Gasteiger partial charge is 0.206 e. The molecule has 1 aliphatic rings. The minimum absolute atomic E-state index is 0.335. The number of ether oxygens (including phenoxy) is 1. The molecule has 0 amide bonds. The van der Waals surface area contributed by atoms with E-state index in [0.717, 1.165) is 32.4 Å². The summed E-state index contributed by atoms with van der Waals surface area (Å²) in [6.45, 7) is 5.76. The number of hydrogen-bond acceptors (Lipinski definition) is 3. The third-order valence-corrected chi connectivity index (χ3v) is 2.51. The summed E-state index contributed by atoms with van der Waals surface area (Å²) in [5.41, 5.74) is 2.58. The van der Waals surface area contributed by atoms with Gasteiger partial charge in [0.25, 0.3) is 0 Å². The van der Waals surface area contributed by atoms with Crippen molar-refractivity contribution in [3.63, 3.8) is 0 Å². The number of nitrogens with zero attached hydrogens (tertiary/aromatic N) is 1. The van der Waals surface area contributed by atoms with Crippen molar-refractivity contribution >= 4 is 5.96 Å². The first-order chi connectivity index (χ1) is 7.30. The van der Waals surface area contributed by atoms with Crippen LogP contribution in [0.25, 0.3) is 0 Å². The highest BCUT2D eigenvalue weighted by molar-refractivity contribution is 5.79. The molecule has 2 unspecified atom stereocenters. The second-order valence-corrected chi connectivity index (χ2v) is 3.82. The zero-order valence-corrected chi connectivity index (χ0v) is 9.62. The van der Waals surface area contributed by atoms with Crippen molar-refractivity contribution in [2.75, 3.05) is 13.2 Å². The Bertz CT molecular complexity index is 208. The van der Waals surface area contributed by atoms with Crippen LogP contribution in [0, 0.1) is 0 Å². The first-order valence-electron chi connectivity index (χ1n) is 5.69. The summed E-state index contributed by atoms with van der Waals surface area (Å²) >= 11 is 0. The van der Waals surface area contributed by atoms with Gasteiger partial charge >= 0.3 is 0 Å². The summed E-state index contributed by atoms with van der Waals surface area (Å²) in [6.07, 6.45) is 3.50. The fourth-order valence-electron chi connectivity index (χ4n) is 1.64. The molecule has 1 saturated heterocycles. The van der Waals surface area contributed by atoms with Crippen molar-refractivity contribution in [2.45, 2.75) is 45.3 Å². The lowest BCUT2D eigenvalue weighted by Gasteiger charge is -2.13. The SMILES string of the molecule is CCCN=C(NN)NC1COC(CC)C1. The Balaban J connectivity index is 2.33. The monoisotopic (exact) mass is 214 g/mol. The minimum Gasteiger partial charge on any atom is -0.376 e. The van der Waals surface area contributed by atoms with Crippen LogP contribution in [0.4, 0.5) is 0 Å². The van der Waals surface area contributed by atoms with E-state index in [4.69, 9.17) is 10.6 Å². The maximum Gasteiger partial charge on any atom is 0.206 e. The summed E-state index contributed by atoms with van der Waals surface area (Å²) in [4.78, 5) is 4.29. The van der Waals surface area contributed by atoms with E-state index in [2.05, 4.69) is 29.6 Å². The van der Waals surface area contributed by atoms with Crippen LogP contribution in [0.2, 0.25) is 0 Å². The molecule has 0 aliphatic carbocycles. The highest BCUT2D eigenvalue weighted by Gasteiger charge is 2.24. The van der Waals surface area contributed by atoms with Crippen LogP contribution in [0.15, 0.2) is 4.99 Å². The Morgan fingerprint density at radius 2 is 2.33 bits per heavy atom. The first kappa shape index (κ1) is 12.3. The van der Waals surface area contributed by atoms with E-state index < -0.39 is 0 Å². The molecule has 0 aromatic carbocycles. The normalized spacial score (nSPS) is 26.7. The third-order valence-electron chi connectivity index (χ3n) is 2.51. The quantitative estimate of drug-likeness (QED) is 0.274. The van der Waals surface area contributed by atoms with Crippen LogP contribution in [-0.2, 0) is 4.74 Å². The van der Waals surface area contributed by atoms with Crippen LogP contribution in [0.1, 0.15) is 33.1 Å². The number of guanidine groups is 1. The fourth-order valence-corrected chi connectivity index (χ4v) is 1.64. The van der Waals surface area contributed by atoms with Gasteiger partial charge in [0, 0.05) is 6.54 Å². The zero-order chi connectivity index (χ0) is 11.1. The molecule has 1 rings (SSSR count). The van der Waals surface area contributed by atoms with Crippen LogP contribution in [0.3, 0.4) is 0 Å². The summed E-state index contributed by atoms with van der Waals surface area (Å²) < 4.78 is 5.58. The van der Waals surface area contributed by atoms with Crippen molar-refractivity contribution in [2.24, 2.45) is 10.8 Å². The summed E-state index contributed by atoms with van der Waals surface area (Å²) in [6, 6.07) is 0.335. The average molecular weight is 214 g/mol. The summed E-state index contributed by atoms with van der Waals surface area (Å²) in [5, 5.41) is 3.25. The van der Waals surface area contributed by atoms with Crippen molar-refractivity contribution < 1.29 is 4.74 Å². The first-order valence-corrected chi connectivity index (χ1v) is 5.69. The van der Waals surface area contributed by atoms with E-state index in [-0.39, 0.29) is 0 Å². The molecule has 0 aromatic heterocycles. The van der Waals surface area contributed by atoms with Crippen molar-refractivity contribution in [1.82, 2.24) is 10.7 Å². The van der Waals surface area contributed by atoms with E-state index in [9.17, 15) is 0 Å². The van der Waals surface area contributed by atoms with Gasteiger partial charge in [-0.25, -0.2) is 5.84 Å². The third kappa shape index (κ3) is 4.05. The predicted octanol–water partition coefficient (Wildman–Crippen LogP) is 0.373. The molecular formula is C10H22N4O. The largest absolute Gasteiger partial charge is 0.376 e. The molecule has 15 heavy (non-hydrogen) atoms. The Morgan fingerprint density at radius 3 is 2.87 bits per heavy atom. The molecule has 0 aromatic rings. The highest BCUT2D eigenvalue weighted by Crippen LogP contribution is 2.15. The Kier molecular flexibility index (Phi) is 5.42. The fraction of sp³-hybridized carbons (Fsp3) is 0.900. The minimum atomic E-state index is 0.335. The lowest BCUT2D eigenvalue weighted by atomic mass is 10.1. The Morgan fingerprint density at radius 1 is 1.53 bits per heavy atom. The summed E-state index contributed by atoms with van der Waals surface area (Å²) in [5.74, 6) is 6.04. The van der Waals surface area contributed by atoms with Crippen LogP contribution < -0.4 is 16.6 Å². The van der Waals surface area contributed by atoms with Gasteiger partial charge in [-0.1, -0.05) is 13.8 Å². The van der Waals surface area contributed by atoms with Gasteiger partial charge in [-0.15, -0.1) is 0 Å². The number of hydrogen-bond donors (Lipinski definition) is 3. The van der Waals surface area contributed by atoms with Gasteiger partial charge in [0.15, 0.2) is 0 Å². The van der Waals surface area contributed by atoms with Gasteiger partial charge in [-0.2, -0.15) is 0 Å². The molecule has 1 aliphatic heterocycles. The Labute approximate surface area is 91.4 Å². The van der Waals surface area contributed by atoms with Gasteiger partial charge in [0.05, 0.1) is 18.8 Å². The van der Waals surface area contributed by atoms with Gasteiger partial charge in [-0.3, -0.25) is 10.4 Å². The molecule has 1 fully saturated rings. The van der Waals surface area contributed by atoms with Gasteiger partial charge in [0.2, 0.25) is 5.96 Å². The van der Waals surface area contributed by atoms with Crippen molar-refractivity contribution in [3.05, 3.63) is 0 Å². The van der Waals surface area contributed by atoms with Crippen LogP contribution in [0.5, 0.6) is 0 Å². The number of aliphatic imine (C=N–C) groups is 1. The second-order valence-electron chi connectivity index (χ2n) is 3.82. The van der Waals surface area contributed by atoms with Crippen molar-refractivity contribution in [1.29, 1.82) is 0 Å². The molecule has 5 heteroatoms. The number of hydrazine groups is 1. The van der Waals surface area contributed by atoms with Crippen LogP contribution >= 0.6 is 0 Å². The molecule has 88 valence electrons. The van der Waals surface area contributed by atoms with Crippen LogP contribution in [-0.4, -0.2) is 31.3 Å². The summed E-state index contributed by atoms with van der Waals surface area (Å²) in [7, 11) is 0. The van der Waals surface area contributed by atoms with E-state index in [1.165, 1.54) is 0 Å². The number of rotatable bonds is 4. The molecule has 2 atom stereocenters. The molecule has 0 spiro atoms. The maximum atomic E-state index is 5.58. The lowest BCUT2D eigenvalue weighted by molar-refractivity contribution is 0.106. The molecular weight excluding hydrogens is 192 g/mol. The standard InChI is InChI=1S/C10H22N4O/c1-3-5-12-10(14-11)13-8-6-9(4-2)15-7-8/h8-9H,3-7,11H2,1-2H3,(H2,12,13,14). The second kappa shape index (κ2) is 6.63. The Hall–Kier alpha value is -0.810. The van der Waals surface area contributed by atoms with Gasteiger partial charge < -0.3 is 10.1 Å². The number of nitrogens with one attached hydrogen (secondary N) is 2. The van der Waals surface area contributed by atoms with E-state index >= 15 is 0 Å².